The van der Waals surface area contributed by atoms with E-state index in [2.05, 4.69) is 10.2 Å². The zero-order valence-electron chi connectivity index (χ0n) is 18.4. The fourth-order valence-corrected chi connectivity index (χ4v) is 3.88. The lowest BCUT2D eigenvalue weighted by molar-refractivity contribution is 0.0645. The quantitative estimate of drug-likeness (QED) is 0.612. The largest absolute Gasteiger partial charge is 0.493 e. The van der Waals surface area contributed by atoms with Crippen molar-refractivity contribution in [2.45, 2.75) is 58.2 Å². The smallest absolute Gasteiger partial charge is 0.161 e. The first-order chi connectivity index (χ1) is 14.6. The van der Waals surface area contributed by atoms with Gasteiger partial charge in [-0.2, -0.15) is 0 Å². The molecule has 30 heavy (non-hydrogen) atoms. The van der Waals surface area contributed by atoms with Gasteiger partial charge in [-0.25, -0.2) is 0 Å². The number of nitrogens with one attached hydrogen (secondary N) is 1. The zero-order chi connectivity index (χ0) is 21.2. The van der Waals surface area contributed by atoms with Crippen molar-refractivity contribution in [2.24, 2.45) is 0 Å². The van der Waals surface area contributed by atoms with Gasteiger partial charge in [-0.05, 0) is 62.7 Å². The van der Waals surface area contributed by atoms with E-state index in [1.54, 1.807) is 7.11 Å². The van der Waals surface area contributed by atoms with Gasteiger partial charge in [0.2, 0.25) is 0 Å². The number of β-amino-alcohol motifs (C(OH)–C–C–N with tert-alkyl or cyclic N) is 1. The predicted molar refractivity (Wildman–Crippen MR) is 118 cm³/mol. The molecule has 2 heterocycles. The summed E-state index contributed by atoms with van der Waals surface area (Å²) in [6.07, 6.45) is 5.86. The van der Waals surface area contributed by atoms with Crippen molar-refractivity contribution in [1.82, 2.24) is 10.2 Å². The molecule has 1 aromatic carbocycles. The Labute approximate surface area is 180 Å². The minimum absolute atomic E-state index is 0.266. The number of rotatable bonds is 10. The van der Waals surface area contributed by atoms with Crippen molar-refractivity contribution in [1.29, 1.82) is 0 Å². The number of hydrogen-bond acceptors (Lipinski definition) is 6. The number of hydrogen-bond donors (Lipinski definition) is 2. The van der Waals surface area contributed by atoms with E-state index in [0.717, 1.165) is 30.2 Å². The Bertz CT molecular complexity index is 753. The first-order valence-corrected chi connectivity index (χ1v) is 11.1. The molecule has 1 atom stereocenters. The second-order valence-electron chi connectivity index (χ2n) is 8.13. The minimum atomic E-state index is -0.507. The standard InChI is InChI=1S/C24H36N2O4/c1-19-8-10-22(30-19)16-25-15-20-9-11-23(24(14-20)28-2)29-18-21(27)17-26-12-6-4-3-5-7-13-26/h8-11,14,21,25,27H,3-7,12-13,15-18H2,1-2H3. The molecule has 1 aromatic heterocycles. The predicted octanol–water partition coefficient (Wildman–Crippen LogP) is 3.89. The van der Waals surface area contributed by atoms with Gasteiger partial charge in [0.15, 0.2) is 11.5 Å². The first kappa shape index (κ1) is 22.7. The van der Waals surface area contributed by atoms with E-state index >= 15 is 0 Å². The fourth-order valence-electron chi connectivity index (χ4n) is 3.88. The molecule has 3 rings (SSSR count). The number of ether oxygens (including phenoxy) is 2. The number of benzene rings is 1. The molecule has 0 radical (unpaired) electrons. The maximum atomic E-state index is 10.4. The lowest BCUT2D eigenvalue weighted by Gasteiger charge is -2.26. The molecule has 0 amide bonds. The molecule has 6 heteroatoms. The van der Waals surface area contributed by atoms with Gasteiger partial charge in [-0.3, -0.25) is 0 Å². The number of likely N-dealkylation sites (tertiary alicyclic amines) is 1. The van der Waals surface area contributed by atoms with E-state index in [1.165, 1.54) is 32.1 Å². The molecule has 1 aliphatic heterocycles. The Balaban J connectivity index is 1.45. The highest BCUT2D eigenvalue weighted by Gasteiger charge is 2.15. The van der Waals surface area contributed by atoms with Crippen molar-refractivity contribution in [3.8, 4) is 11.5 Å². The first-order valence-electron chi connectivity index (χ1n) is 11.1. The van der Waals surface area contributed by atoms with E-state index in [-0.39, 0.29) is 6.61 Å². The summed E-state index contributed by atoms with van der Waals surface area (Å²) < 4.78 is 17.0. The van der Waals surface area contributed by atoms with Crippen LogP contribution in [-0.4, -0.2) is 49.5 Å². The summed E-state index contributed by atoms with van der Waals surface area (Å²) in [6.45, 7) is 6.39. The summed E-state index contributed by atoms with van der Waals surface area (Å²) in [6, 6.07) is 9.85. The lowest BCUT2D eigenvalue weighted by Crippen LogP contribution is -2.37. The average molecular weight is 417 g/mol. The van der Waals surface area contributed by atoms with Gasteiger partial charge in [-0.15, -0.1) is 0 Å². The van der Waals surface area contributed by atoms with Gasteiger partial charge in [0.1, 0.15) is 24.2 Å². The summed E-state index contributed by atoms with van der Waals surface area (Å²) in [5.41, 5.74) is 1.10. The summed E-state index contributed by atoms with van der Waals surface area (Å²) in [7, 11) is 1.64. The molecule has 0 bridgehead atoms. The molecule has 1 unspecified atom stereocenters. The SMILES string of the molecule is COc1cc(CNCc2ccc(C)o2)ccc1OCC(O)CN1CCCCCCC1. The molecule has 0 spiro atoms. The van der Waals surface area contributed by atoms with Gasteiger partial charge in [0.25, 0.3) is 0 Å². The summed E-state index contributed by atoms with van der Waals surface area (Å²) in [5, 5.41) is 13.8. The van der Waals surface area contributed by atoms with Crippen LogP contribution < -0.4 is 14.8 Å². The molecule has 1 saturated heterocycles. The molecule has 1 aliphatic rings. The fraction of sp³-hybridized carbons (Fsp3) is 0.583. The molecular formula is C24H36N2O4. The van der Waals surface area contributed by atoms with Crippen LogP contribution in [0.4, 0.5) is 0 Å². The third-order valence-electron chi connectivity index (χ3n) is 5.50. The van der Waals surface area contributed by atoms with Crippen LogP contribution >= 0.6 is 0 Å². The van der Waals surface area contributed by atoms with Crippen molar-refractivity contribution < 1.29 is 19.0 Å². The van der Waals surface area contributed by atoms with E-state index in [9.17, 15) is 5.11 Å². The maximum absolute atomic E-state index is 10.4. The Hall–Kier alpha value is -2.02. The molecule has 0 saturated carbocycles. The third-order valence-corrected chi connectivity index (χ3v) is 5.50. The number of aryl methyl sites for hydroxylation is 1. The molecule has 6 nitrogen and oxygen atoms in total. The Morgan fingerprint density at radius 3 is 2.50 bits per heavy atom. The monoisotopic (exact) mass is 416 g/mol. The molecule has 2 N–H and O–H groups in total. The van der Waals surface area contributed by atoms with Gasteiger partial charge in [-0.1, -0.05) is 25.3 Å². The Morgan fingerprint density at radius 1 is 1.03 bits per heavy atom. The van der Waals surface area contributed by atoms with Crippen molar-refractivity contribution in [3.05, 3.63) is 47.4 Å². The van der Waals surface area contributed by atoms with Gasteiger partial charge in [0.05, 0.1) is 13.7 Å². The minimum Gasteiger partial charge on any atom is -0.493 e. The van der Waals surface area contributed by atoms with Gasteiger partial charge >= 0.3 is 0 Å². The van der Waals surface area contributed by atoms with Crippen LogP contribution in [0.15, 0.2) is 34.7 Å². The van der Waals surface area contributed by atoms with Gasteiger partial charge < -0.3 is 29.2 Å². The summed E-state index contributed by atoms with van der Waals surface area (Å²) >= 11 is 0. The molecule has 0 aliphatic carbocycles. The van der Waals surface area contributed by atoms with Gasteiger partial charge in [0, 0.05) is 13.1 Å². The summed E-state index contributed by atoms with van der Waals surface area (Å²) in [5.74, 6) is 3.19. The zero-order valence-corrected chi connectivity index (χ0v) is 18.4. The number of nitrogens with zero attached hydrogens (tertiary/aromatic N) is 1. The van der Waals surface area contributed by atoms with Crippen LogP contribution in [0.3, 0.4) is 0 Å². The average Bonchev–Trinajstić information content (AvgIpc) is 3.13. The number of aliphatic hydroxyl groups excluding tert-OH is 1. The Morgan fingerprint density at radius 2 is 1.80 bits per heavy atom. The molecule has 1 fully saturated rings. The highest BCUT2D eigenvalue weighted by molar-refractivity contribution is 5.43. The van der Waals surface area contributed by atoms with Crippen LogP contribution in [0.25, 0.3) is 0 Å². The van der Waals surface area contributed by atoms with Crippen LogP contribution in [0.2, 0.25) is 0 Å². The van der Waals surface area contributed by atoms with Crippen molar-refractivity contribution in [3.63, 3.8) is 0 Å². The maximum Gasteiger partial charge on any atom is 0.161 e. The summed E-state index contributed by atoms with van der Waals surface area (Å²) in [4.78, 5) is 2.36. The second-order valence-corrected chi connectivity index (χ2v) is 8.13. The Kier molecular flexibility index (Phi) is 9.05. The topological polar surface area (TPSA) is 67.1 Å². The van der Waals surface area contributed by atoms with Crippen LogP contribution in [-0.2, 0) is 13.1 Å². The highest BCUT2D eigenvalue weighted by Crippen LogP contribution is 2.28. The lowest BCUT2D eigenvalue weighted by atomic mass is 10.1. The van der Waals surface area contributed by atoms with Crippen LogP contribution in [0.5, 0.6) is 11.5 Å². The van der Waals surface area contributed by atoms with Crippen molar-refractivity contribution >= 4 is 0 Å². The highest BCUT2D eigenvalue weighted by atomic mass is 16.5. The molecule has 166 valence electrons. The van der Waals surface area contributed by atoms with Crippen molar-refractivity contribution in [2.75, 3.05) is 33.4 Å². The van der Waals surface area contributed by atoms with Crippen LogP contribution in [0, 0.1) is 6.92 Å². The molecule has 2 aromatic rings. The second kappa shape index (κ2) is 12.0. The third kappa shape index (κ3) is 7.35. The van der Waals surface area contributed by atoms with E-state index < -0.39 is 6.10 Å². The normalized spacial score (nSPS) is 16.6. The van der Waals surface area contributed by atoms with E-state index in [0.29, 0.717) is 31.1 Å². The number of furan rings is 1. The molecular weight excluding hydrogens is 380 g/mol. The number of methoxy groups -OCH3 is 1. The van der Waals surface area contributed by atoms with Crippen LogP contribution in [0.1, 0.15) is 49.2 Å². The number of aliphatic hydroxyl groups is 1. The van der Waals surface area contributed by atoms with E-state index in [1.807, 2.05) is 37.3 Å². The van der Waals surface area contributed by atoms with E-state index in [4.69, 9.17) is 13.9 Å².